The largest absolute Gasteiger partial charge is 0.497 e. The Labute approximate surface area is 187 Å². The third-order valence-electron chi connectivity index (χ3n) is 7.47. The summed E-state index contributed by atoms with van der Waals surface area (Å²) in [5, 5.41) is 1.13. The first-order valence-electron chi connectivity index (χ1n) is 11.5. The highest BCUT2D eigenvalue weighted by Crippen LogP contribution is 2.43. The molecule has 2 aliphatic heterocycles. The minimum atomic E-state index is -0.472. The number of ether oxygens (including phenoxy) is 1. The number of amides is 2. The Kier molecular flexibility index (Phi) is 4.49. The number of rotatable bonds is 3. The molecule has 3 heterocycles. The lowest BCUT2D eigenvalue weighted by molar-refractivity contribution is -0.160. The van der Waals surface area contributed by atoms with Gasteiger partial charge in [0.15, 0.2) is 0 Å². The third-order valence-corrected chi connectivity index (χ3v) is 7.47. The predicted octanol–water partition coefficient (Wildman–Crippen LogP) is 3.80. The second kappa shape index (κ2) is 7.40. The molecule has 1 aromatic heterocycles. The number of nitrogens with zero attached hydrogens (tertiary/aromatic N) is 2. The molecule has 0 radical (unpaired) electrons. The maximum Gasteiger partial charge on any atom is 0.246 e. The van der Waals surface area contributed by atoms with Crippen LogP contribution in [-0.2, 0) is 16.0 Å². The molecule has 1 saturated carbocycles. The van der Waals surface area contributed by atoms with Gasteiger partial charge in [0.1, 0.15) is 18.3 Å². The third kappa shape index (κ3) is 2.85. The summed E-state index contributed by atoms with van der Waals surface area (Å²) in [4.78, 5) is 34.6. The average molecular weight is 430 g/mol. The number of carbonyl (C=O) groups excluding carboxylic acids is 2. The second-order valence-corrected chi connectivity index (χ2v) is 9.17. The van der Waals surface area contributed by atoms with Gasteiger partial charge in [-0.3, -0.25) is 9.59 Å². The number of aromatic amines is 1. The van der Waals surface area contributed by atoms with Gasteiger partial charge >= 0.3 is 0 Å². The number of hydrogen-bond donors (Lipinski definition) is 1. The van der Waals surface area contributed by atoms with Gasteiger partial charge in [-0.05, 0) is 42.2 Å². The number of carbonyl (C=O) groups is 2. The molecule has 2 fully saturated rings. The van der Waals surface area contributed by atoms with E-state index in [-0.39, 0.29) is 30.4 Å². The molecular formula is C26H27N3O3. The molecule has 0 bridgehead atoms. The molecule has 2 aromatic carbocycles. The van der Waals surface area contributed by atoms with E-state index in [1.54, 1.807) is 7.11 Å². The fraction of sp³-hybridized carbons (Fsp3) is 0.385. The van der Waals surface area contributed by atoms with Gasteiger partial charge in [0.05, 0.1) is 13.2 Å². The maximum atomic E-state index is 13.8. The zero-order valence-electron chi connectivity index (χ0n) is 18.2. The average Bonchev–Trinajstić information content (AvgIpc) is 3.48. The molecule has 1 unspecified atom stereocenters. The smallest absolute Gasteiger partial charge is 0.246 e. The highest BCUT2D eigenvalue weighted by Gasteiger charge is 2.49. The topological polar surface area (TPSA) is 65.6 Å². The van der Waals surface area contributed by atoms with Crippen molar-refractivity contribution in [1.82, 2.24) is 14.8 Å². The molecule has 1 saturated heterocycles. The Bertz CT molecular complexity index is 1210. The Balaban J connectivity index is 1.51. The van der Waals surface area contributed by atoms with Crippen LogP contribution in [0.25, 0.3) is 10.9 Å². The normalized spacial score (nSPS) is 23.5. The van der Waals surface area contributed by atoms with Gasteiger partial charge in [-0.25, -0.2) is 0 Å². The van der Waals surface area contributed by atoms with E-state index in [1.165, 1.54) is 0 Å². The van der Waals surface area contributed by atoms with Gasteiger partial charge in [-0.15, -0.1) is 0 Å². The summed E-state index contributed by atoms with van der Waals surface area (Å²) < 4.78 is 5.47. The molecule has 6 nitrogen and oxygen atoms in total. The standard InChI is InChI=1S/C26H27N3O3/c1-32-18-10-6-7-16(13-18)25-24-20(19-11-4-5-12-21(19)27-24)14-22-26(31)28(15-23(30)29(22)25)17-8-2-3-9-17/h4-7,10-13,17,22,25,27H,2-3,8-9,14-15H2,1H3/t22-,25?/m1/s1. The van der Waals surface area contributed by atoms with Crippen LogP contribution in [0.15, 0.2) is 48.5 Å². The van der Waals surface area contributed by atoms with Crippen LogP contribution in [0.3, 0.4) is 0 Å². The van der Waals surface area contributed by atoms with Crippen molar-refractivity contribution < 1.29 is 14.3 Å². The minimum absolute atomic E-state index is 0.0265. The first kappa shape index (κ1) is 19.4. The molecule has 0 spiro atoms. The molecule has 1 aliphatic carbocycles. The molecule has 3 aromatic rings. The number of H-pyrrole nitrogens is 1. The first-order chi connectivity index (χ1) is 15.7. The molecule has 32 heavy (non-hydrogen) atoms. The van der Waals surface area contributed by atoms with Crippen molar-refractivity contribution >= 4 is 22.7 Å². The Hall–Kier alpha value is -3.28. The van der Waals surface area contributed by atoms with Crippen molar-refractivity contribution in [3.63, 3.8) is 0 Å². The number of fused-ring (bicyclic) bond motifs is 4. The van der Waals surface area contributed by atoms with Crippen LogP contribution in [0.4, 0.5) is 0 Å². The Morgan fingerprint density at radius 3 is 2.66 bits per heavy atom. The Morgan fingerprint density at radius 2 is 1.84 bits per heavy atom. The lowest BCUT2D eigenvalue weighted by Gasteiger charge is -2.48. The highest BCUT2D eigenvalue weighted by atomic mass is 16.5. The van der Waals surface area contributed by atoms with Crippen molar-refractivity contribution in [2.24, 2.45) is 0 Å². The molecule has 6 rings (SSSR count). The summed E-state index contributed by atoms with van der Waals surface area (Å²) in [5.41, 5.74) is 4.14. The highest BCUT2D eigenvalue weighted by molar-refractivity contribution is 5.97. The van der Waals surface area contributed by atoms with E-state index >= 15 is 0 Å². The molecule has 164 valence electrons. The summed E-state index contributed by atoms with van der Waals surface area (Å²) in [6.07, 6.45) is 4.83. The van der Waals surface area contributed by atoms with E-state index < -0.39 is 6.04 Å². The summed E-state index contributed by atoms with van der Waals surface area (Å²) >= 11 is 0. The molecule has 2 atom stereocenters. The van der Waals surface area contributed by atoms with E-state index in [1.807, 2.05) is 46.2 Å². The van der Waals surface area contributed by atoms with Gasteiger partial charge in [0.2, 0.25) is 11.8 Å². The van der Waals surface area contributed by atoms with Crippen molar-refractivity contribution in [2.75, 3.05) is 13.7 Å². The minimum Gasteiger partial charge on any atom is -0.497 e. The first-order valence-corrected chi connectivity index (χ1v) is 11.5. The van der Waals surface area contributed by atoms with E-state index in [4.69, 9.17) is 4.74 Å². The van der Waals surface area contributed by atoms with Crippen LogP contribution >= 0.6 is 0 Å². The van der Waals surface area contributed by atoms with Crippen LogP contribution in [0, 0.1) is 0 Å². The molecule has 6 heteroatoms. The molecular weight excluding hydrogens is 402 g/mol. The van der Waals surface area contributed by atoms with Gasteiger partial charge in [0, 0.05) is 29.1 Å². The van der Waals surface area contributed by atoms with Crippen LogP contribution in [0.1, 0.15) is 48.5 Å². The van der Waals surface area contributed by atoms with E-state index in [2.05, 4.69) is 17.1 Å². The fourth-order valence-corrected chi connectivity index (χ4v) is 5.97. The summed E-state index contributed by atoms with van der Waals surface area (Å²) in [6, 6.07) is 15.4. The van der Waals surface area contributed by atoms with Gasteiger partial charge in [0.25, 0.3) is 0 Å². The van der Waals surface area contributed by atoms with Crippen molar-refractivity contribution in [2.45, 2.75) is 50.2 Å². The number of piperazine rings is 1. The SMILES string of the molecule is COc1cccc(C2c3[nH]c4ccccc4c3C[C@@H]3C(=O)N(C4CCCC4)CC(=O)N23)c1. The van der Waals surface area contributed by atoms with Gasteiger partial charge < -0.3 is 19.5 Å². The van der Waals surface area contributed by atoms with Crippen molar-refractivity contribution in [1.29, 1.82) is 0 Å². The number of aromatic nitrogens is 1. The zero-order valence-corrected chi connectivity index (χ0v) is 18.2. The van der Waals surface area contributed by atoms with E-state index in [9.17, 15) is 9.59 Å². The summed E-state index contributed by atoms with van der Waals surface area (Å²) in [5.74, 6) is 0.865. The molecule has 1 N–H and O–H groups in total. The molecule has 2 amide bonds. The van der Waals surface area contributed by atoms with Crippen LogP contribution < -0.4 is 4.74 Å². The van der Waals surface area contributed by atoms with Crippen molar-refractivity contribution in [3.8, 4) is 5.75 Å². The number of para-hydroxylation sites is 1. The van der Waals surface area contributed by atoms with Crippen molar-refractivity contribution in [3.05, 3.63) is 65.4 Å². The summed E-state index contributed by atoms with van der Waals surface area (Å²) in [6.45, 7) is 0.177. The summed E-state index contributed by atoms with van der Waals surface area (Å²) in [7, 11) is 1.65. The monoisotopic (exact) mass is 429 g/mol. The van der Waals surface area contributed by atoms with Gasteiger partial charge in [-0.1, -0.05) is 43.2 Å². The zero-order chi connectivity index (χ0) is 21.8. The predicted molar refractivity (Wildman–Crippen MR) is 121 cm³/mol. The lowest BCUT2D eigenvalue weighted by Crippen LogP contribution is -2.64. The quantitative estimate of drug-likeness (QED) is 0.689. The lowest BCUT2D eigenvalue weighted by atomic mass is 9.86. The second-order valence-electron chi connectivity index (χ2n) is 9.17. The number of hydrogen-bond acceptors (Lipinski definition) is 3. The van der Waals surface area contributed by atoms with E-state index in [0.29, 0.717) is 6.42 Å². The Morgan fingerprint density at radius 1 is 1.03 bits per heavy atom. The number of benzene rings is 2. The van der Waals surface area contributed by atoms with Crippen LogP contribution in [0.5, 0.6) is 5.75 Å². The van der Waals surface area contributed by atoms with Crippen LogP contribution in [-0.4, -0.2) is 52.3 Å². The van der Waals surface area contributed by atoms with Crippen LogP contribution in [0.2, 0.25) is 0 Å². The number of nitrogens with one attached hydrogen (secondary N) is 1. The van der Waals surface area contributed by atoms with Gasteiger partial charge in [-0.2, -0.15) is 0 Å². The fourth-order valence-electron chi connectivity index (χ4n) is 5.97. The van der Waals surface area contributed by atoms with E-state index in [0.717, 1.165) is 59.2 Å². The maximum absolute atomic E-state index is 13.8. The molecule has 3 aliphatic rings. The number of methoxy groups -OCH3 is 1.